The van der Waals surface area contributed by atoms with Gasteiger partial charge in [0.05, 0.1) is 0 Å². The number of β-amino-alcohol motifs (C(OH)–C–C–N with tert-alkyl or cyclic N) is 1. The maximum absolute atomic E-state index is 10.3. The van der Waals surface area contributed by atoms with Crippen LogP contribution in [0.2, 0.25) is 0 Å². The summed E-state index contributed by atoms with van der Waals surface area (Å²) >= 11 is 0. The first-order chi connectivity index (χ1) is 12.1. The van der Waals surface area contributed by atoms with Crippen LogP contribution in [0, 0.1) is 13.8 Å². The Balaban J connectivity index is 0.00000182. The molecule has 1 aliphatic heterocycles. The van der Waals surface area contributed by atoms with E-state index in [1.54, 1.807) is 0 Å². The van der Waals surface area contributed by atoms with E-state index in [1.807, 2.05) is 56.4 Å². The lowest BCUT2D eigenvalue weighted by atomic mass is 10.1. The average Bonchev–Trinajstić information content (AvgIpc) is 2.63. The number of nitrogens with zero attached hydrogens (tertiary/aromatic N) is 3. The number of para-hydroxylation sites is 1. The van der Waals surface area contributed by atoms with Gasteiger partial charge in [-0.3, -0.25) is 4.90 Å². The predicted octanol–water partition coefficient (Wildman–Crippen LogP) is 3.10. The molecule has 1 fully saturated rings. The second kappa shape index (κ2) is 11.3. The van der Waals surface area contributed by atoms with E-state index in [4.69, 9.17) is 4.74 Å². The van der Waals surface area contributed by atoms with Crippen molar-refractivity contribution in [1.82, 2.24) is 9.88 Å². The fraction of sp³-hybridized carbons (Fsp3) is 0.450. The quantitative estimate of drug-likeness (QED) is 0.787. The standard InChI is InChI=1S/C20H27N3O2.2ClH/c1-16-6-5-7-17(2)20(16)25-15-18(24)14-22-10-12-23(13-11-22)19-8-3-4-9-21-19;;/h3-9,18,24H,10-15H2,1-2H3;2*1H. The lowest BCUT2D eigenvalue weighted by Crippen LogP contribution is -2.49. The Hall–Kier alpha value is -1.53. The largest absolute Gasteiger partial charge is 0.490 e. The van der Waals surface area contributed by atoms with Gasteiger partial charge in [0.2, 0.25) is 0 Å². The summed E-state index contributed by atoms with van der Waals surface area (Å²) in [5.41, 5.74) is 2.22. The van der Waals surface area contributed by atoms with Gasteiger partial charge in [-0.15, -0.1) is 24.8 Å². The number of rotatable bonds is 6. The molecule has 1 aromatic carbocycles. The third kappa shape index (κ3) is 6.54. The number of halogens is 2. The zero-order chi connectivity index (χ0) is 17.6. The molecule has 1 aliphatic rings. The average molecular weight is 414 g/mol. The van der Waals surface area contributed by atoms with Crippen LogP contribution < -0.4 is 9.64 Å². The number of aliphatic hydroxyl groups is 1. The Morgan fingerprint density at radius 2 is 1.67 bits per heavy atom. The molecule has 150 valence electrons. The maximum atomic E-state index is 10.3. The van der Waals surface area contributed by atoms with Gasteiger partial charge in [0.15, 0.2) is 0 Å². The van der Waals surface area contributed by atoms with Crippen molar-refractivity contribution in [2.75, 3.05) is 44.2 Å². The van der Waals surface area contributed by atoms with Crippen molar-refractivity contribution in [3.05, 3.63) is 53.7 Å². The second-order valence-corrected chi connectivity index (χ2v) is 6.66. The highest BCUT2D eigenvalue weighted by Gasteiger charge is 2.20. The molecule has 0 radical (unpaired) electrons. The predicted molar refractivity (Wildman–Crippen MR) is 115 cm³/mol. The minimum atomic E-state index is -0.486. The number of hydrogen-bond acceptors (Lipinski definition) is 5. The Morgan fingerprint density at radius 1 is 1.00 bits per heavy atom. The van der Waals surface area contributed by atoms with Gasteiger partial charge in [0.25, 0.3) is 0 Å². The van der Waals surface area contributed by atoms with E-state index in [-0.39, 0.29) is 24.8 Å². The number of piperazine rings is 1. The molecule has 1 aromatic heterocycles. The maximum Gasteiger partial charge on any atom is 0.128 e. The highest BCUT2D eigenvalue weighted by molar-refractivity contribution is 5.85. The first-order valence-corrected chi connectivity index (χ1v) is 8.89. The number of anilines is 1. The minimum Gasteiger partial charge on any atom is -0.490 e. The summed E-state index contributed by atoms with van der Waals surface area (Å²) in [6, 6.07) is 12.1. The van der Waals surface area contributed by atoms with Crippen LogP contribution in [-0.4, -0.2) is 60.4 Å². The fourth-order valence-corrected chi connectivity index (χ4v) is 3.26. The first kappa shape index (κ1) is 23.5. The topological polar surface area (TPSA) is 48.8 Å². The molecule has 0 aliphatic carbocycles. The van der Waals surface area contributed by atoms with Gasteiger partial charge < -0.3 is 14.7 Å². The molecule has 1 N–H and O–H groups in total. The second-order valence-electron chi connectivity index (χ2n) is 6.66. The van der Waals surface area contributed by atoms with Crippen LogP contribution in [0.25, 0.3) is 0 Å². The van der Waals surface area contributed by atoms with E-state index in [0.29, 0.717) is 13.2 Å². The zero-order valence-electron chi connectivity index (χ0n) is 15.9. The van der Waals surface area contributed by atoms with Crippen LogP contribution in [0.5, 0.6) is 5.75 Å². The highest BCUT2D eigenvalue weighted by Crippen LogP contribution is 2.22. The molecule has 2 heterocycles. The zero-order valence-corrected chi connectivity index (χ0v) is 17.5. The SMILES string of the molecule is Cc1cccc(C)c1OCC(O)CN1CCN(c2ccccn2)CC1.Cl.Cl. The number of aryl methyl sites for hydroxylation is 2. The summed E-state index contributed by atoms with van der Waals surface area (Å²) < 4.78 is 5.86. The molecule has 7 heteroatoms. The number of aliphatic hydroxyl groups excluding tert-OH is 1. The number of benzene rings is 1. The molecule has 0 saturated carbocycles. The summed E-state index contributed by atoms with van der Waals surface area (Å²) in [4.78, 5) is 8.98. The minimum absolute atomic E-state index is 0. The van der Waals surface area contributed by atoms with Gasteiger partial charge in [-0.25, -0.2) is 4.98 Å². The van der Waals surface area contributed by atoms with E-state index in [9.17, 15) is 5.11 Å². The molecular weight excluding hydrogens is 385 g/mol. The Kier molecular flexibility index (Phi) is 9.88. The van der Waals surface area contributed by atoms with Crippen LogP contribution in [0.3, 0.4) is 0 Å². The van der Waals surface area contributed by atoms with Crippen LogP contribution in [0.1, 0.15) is 11.1 Å². The molecule has 2 aromatic rings. The first-order valence-electron chi connectivity index (χ1n) is 8.89. The molecule has 0 bridgehead atoms. The Labute approximate surface area is 174 Å². The van der Waals surface area contributed by atoms with Crippen LogP contribution in [0.4, 0.5) is 5.82 Å². The molecular formula is C20H29Cl2N3O2. The number of aromatic nitrogens is 1. The van der Waals surface area contributed by atoms with Crippen LogP contribution in [-0.2, 0) is 0 Å². The molecule has 1 atom stereocenters. The summed E-state index contributed by atoms with van der Waals surface area (Å²) in [7, 11) is 0. The number of pyridine rings is 1. The number of hydrogen-bond donors (Lipinski definition) is 1. The lowest BCUT2D eigenvalue weighted by molar-refractivity contribution is 0.0658. The third-order valence-corrected chi connectivity index (χ3v) is 4.64. The molecule has 5 nitrogen and oxygen atoms in total. The molecule has 1 unspecified atom stereocenters. The monoisotopic (exact) mass is 413 g/mol. The molecule has 1 saturated heterocycles. The summed E-state index contributed by atoms with van der Waals surface area (Å²) in [5.74, 6) is 1.92. The molecule has 3 rings (SSSR count). The van der Waals surface area contributed by atoms with E-state index >= 15 is 0 Å². The highest BCUT2D eigenvalue weighted by atomic mass is 35.5. The van der Waals surface area contributed by atoms with Crippen molar-refractivity contribution in [3.63, 3.8) is 0 Å². The summed E-state index contributed by atoms with van der Waals surface area (Å²) in [5, 5.41) is 10.3. The van der Waals surface area contributed by atoms with Gasteiger partial charge in [-0.1, -0.05) is 24.3 Å². The van der Waals surface area contributed by atoms with Crippen molar-refractivity contribution in [2.24, 2.45) is 0 Å². The summed E-state index contributed by atoms with van der Waals surface area (Å²) in [6.07, 6.45) is 1.34. The smallest absolute Gasteiger partial charge is 0.128 e. The van der Waals surface area contributed by atoms with E-state index in [2.05, 4.69) is 14.8 Å². The van der Waals surface area contributed by atoms with Crippen molar-refractivity contribution in [3.8, 4) is 5.75 Å². The van der Waals surface area contributed by atoms with Gasteiger partial charge >= 0.3 is 0 Å². The van der Waals surface area contributed by atoms with Crippen molar-refractivity contribution >= 4 is 30.6 Å². The van der Waals surface area contributed by atoms with Gasteiger partial charge in [-0.05, 0) is 37.1 Å². The summed E-state index contributed by atoms with van der Waals surface area (Å²) in [6.45, 7) is 8.75. The van der Waals surface area contributed by atoms with Gasteiger partial charge in [-0.2, -0.15) is 0 Å². The van der Waals surface area contributed by atoms with E-state index in [0.717, 1.165) is 48.9 Å². The van der Waals surface area contributed by atoms with Crippen molar-refractivity contribution in [1.29, 1.82) is 0 Å². The number of ether oxygens (including phenoxy) is 1. The van der Waals surface area contributed by atoms with Crippen LogP contribution in [0.15, 0.2) is 42.6 Å². The van der Waals surface area contributed by atoms with Gasteiger partial charge in [0, 0.05) is 38.9 Å². The van der Waals surface area contributed by atoms with Crippen LogP contribution >= 0.6 is 24.8 Å². The molecule has 27 heavy (non-hydrogen) atoms. The Morgan fingerprint density at radius 3 is 2.26 bits per heavy atom. The van der Waals surface area contributed by atoms with E-state index < -0.39 is 6.10 Å². The Bertz CT molecular complexity index is 660. The third-order valence-electron chi connectivity index (χ3n) is 4.64. The van der Waals surface area contributed by atoms with Crippen molar-refractivity contribution < 1.29 is 9.84 Å². The lowest BCUT2D eigenvalue weighted by Gasteiger charge is -2.36. The molecule has 0 amide bonds. The molecule has 0 spiro atoms. The van der Waals surface area contributed by atoms with Crippen molar-refractivity contribution in [2.45, 2.75) is 20.0 Å². The fourth-order valence-electron chi connectivity index (χ4n) is 3.26. The van der Waals surface area contributed by atoms with Gasteiger partial charge in [0.1, 0.15) is 24.3 Å². The van der Waals surface area contributed by atoms with E-state index in [1.165, 1.54) is 0 Å². The normalized spacial score (nSPS) is 15.4.